The van der Waals surface area contributed by atoms with Crippen LogP contribution in [0.25, 0.3) is 144 Å². The fourth-order valence-corrected chi connectivity index (χ4v) is 9.65. The second kappa shape index (κ2) is 14.1. The summed E-state index contributed by atoms with van der Waals surface area (Å²) in [5.41, 5.74) is 8.73. The summed E-state index contributed by atoms with van der Waals surface area (Å²) in [6.07, 6.45) is 0. The minimum absolute atomic E-state index is 0. The summed E-state index contributed by atoms with van der Waals surface area (Å²) < 4.78 is 0. The molecule has 3 aromatic heterocycles. The Morgan fingerprint density at radius 1 is 0.369 bits per heavy atom. The molecule has 0 atom stereocenters. The van der Waals surface area contributed by atoms with Crippen LogP contribution >= 0.6 is 0 Å². The fourth-order valence-electron chi connectivity index (χ4n) is 9.65. The Morgan fingerprint density at radius 3 is 1.20 bits per heavy atom. The van der Waals surface area contributed by atoms with Gasteiger partial charge in [-0.15, -0.1) is 0 Å². The molecule has 0 amide bonds. The molecule has 0 N–H and O–H groups in total. The van der Waals surface area contributed by atoms with Crippen molar-refractivity contribution in [2.24, 2.45) is 0 Å². The fraction of sp³-hybridized carbons (Fsp3) is 0. The number of benzene rings is 9. The topological polar surface area (TPSA) is 116 Å². The van der Waals surface area contributed by atoms with Crippen LogP contribution in [-0.2, 0) is 21.1 Å². The minimum atomic E-state index is 0. The van der Waals surface area contributed by atoms with Crippen molar-refractivity contribution in [3.63, 3.8) is 0 Å². The number of hydrogen-bond acceptors (Lipinski definition) is 6. The predicted molar refractivity (Wildman–Crippen MR) is 256 cm³/mol. The first kappa shape index (κ1) is 37.2. The summed E-state index contributed by atoms with van der Waals surface area (Å²) in [4.78, 5) is 37.6. The molecule has 12 aromatic rings. The Hall–Kier alpha value is -8.37. The predicted octanol–water partition coefficient (Wildman–Crippen LogP) is 12.9. The molecular weight excluding hydrogens is 980 g/mol. The van der Waals surface area contributed by atoms with Gasteiger partial charge in [-0.1, -0.05) is 109 Å². The SMILES string of the molecule is N#Cc1ccc(-c2c3nc(nc4[n-]c(nc5nc(nc6[n-]c2c2cc7ccccc7cc62)-c2cc6ccccc6cc2-5)c2cc5ccccc5cc42)-c2cc4ccccc4cc2-3)cc1.[Pt+2]. The third kappa shape index (κ3) is 5.69. The number of nitrogens with zero attached hydrogens (tertiary/aromatic N) is 8. The molecule has 2 aliphatic heterocycles. The molecule has 65 heavy (non-hydrogen) atoms. The molecule has 2 aliphatic rings. The van der Waals surface area contributed by atoms with E-state index in [4.69, 9.17) is 34.9 Å². The number of nitriles is 1. The van der Waals surface area contributed by atoms with Crippen LogP contribution in [0.2, 0.25) is 0 Å². The quantitative estimate of drug-likeness (QED) is 0.160. The molecule has 0 spiro atoms. The molecular formula is C56H28N8Pt. The Labute approximate surface area is 384 Å². The smallest absolute Gasteiger partial charge is 0.435 e. The summed E-state index contributed by atoms with van der Waals surface area (Å²) in [6.45, 7) is 0. The van der Waals surface area contributed by atoms with E-state index in [1.807, 2.05) is 60.7 Å². The summed E-state index contributed by atoms with van der Waals surface area (Å²) in [6, 6.07) is 60.6. The molecule has 0 radical (unpaired) electrons. The Bertz CT molecular complexity index is 4280. The average Bonchev–Trinajstić information content (AvgIpc) is 4.06. The second-order valence-corrected chi connectivity index (χ2v) is 16.5. The van der Waals surface area contributed by atoms with Gasteiger partial charge in [-0.25, -0.2) is 9.97 Å². The summed E-state index contributed by atoms with van der Waals surface area (Å²) in [5, 5.41) is 22.0. The third-order valence-corrected chi connectivity index (χ3v) is 12.8. The monoisotopic (exact) mass is 1010 g/mol. The molecule has 0 unspecified atom stereocenters. The van der Waals surface area contributed by atoms with Crippen molar-refractivity contribution in [3.05, 3.63) is 175 Å². The van der Waals surface area contributed by atoms with Crippen molar-refractivity contribution in [2.75, 3.05) is 0 Å². The average molecular weight is 1010 g/mol. The van der Waals surface area contributed by atoms with E-state index < -0.39 is 0 Å². The zero-order chi connectivity index (χ0) is 42.0. The van der Waals surface area contributed by atoms with E-state index in [2.05, 4.69) is 115 Å². The van der Waals surface area contributed by atoms with Crippen molar-refractivity contribution < 1.29 is 21.1 Å². The zero-order valence-electron chi connectivity index (χ0n) is 34.1. The van der Waals surface area contributed by atoms with Crippen molar-refractivity contribution in [1.82, 2.24) is 34.9 Å². The van der Waals surface area contributed by atoms with Gasteiger partial charge in [-0.2, -0.15) is 5.26 Å². The zero-order valence-corrected chi connectivity index (χ0v) is 36.3. The molecule has 0 aliphatic carbocycles. The van der Waals surface area contributed by atoms with Crippen LogP contribution in [-0.4, -0.2) is 24.9 Å². The Morgan fingerprint density at radius 2 is 0.738 bits per heavy atom. The van der Waals surface area contributed by atoms with E-state index in [0.717, 1.165) is 98.0 Å². The molecule has 0 saturated carbocycles. The molecule has 14 rings (SSSR count). The van der Waals surface area contributed by atoms with E-state index in [9.17, 15) is 5.26 Å². The van der Waals surface area contributed by atoms with Gasteiger partial charge >= 0.3 is 21.1 Å². The first-order chi connectivity index (χ1) is 31.6. The number of hydrogen-bond donors (Lipinski definition) is 0. The molecule has 8 nitrogen and oxygen atoms in total. The van der Waals surface area contributed by atoms with Crippen molar-refractivity contribution in [2.45, 2.75) is 0 Å². The maximum atomic E-state index is 9.90. The summed E-state index contributed by atoms with van der Waals surface area (Å²) in [7, 11) is 0. The van der Waals surface area contributed by atoms with Crippen LogP contribution < -0.4 is 9.97 Å². The van der Waals surface area contributed by atoms with Crippen LogP contribution in [0.5, 0.6) is 0 Å². The number of aromatic nitrogens is 7. The normalized spacial score (nSPS) is 11.9. The summed E-state index contributed by atoms with van der Waals surface area (Å²) in [5.74, 6) is 1.56. The Balaban J connectivity index is 0.00000423. The van der Waals surface area contributed by atoms with Gasteiger partial charge < -0.3 is 24.9 Å². The Kier molecular flexibility index (Phi) is 8.05. The van der Waals surface area contributed by atoms with Gasteiger partial charge in [0.25, 0.3) is 0 Å². The molecule has 302 valence electrons. The number of rotatable bonds is 1. The first-order valence-electron chi connectivity index (χ1n) is 21.1. The minimum Gasteiger partial charge on any atom is -0.435 e. The van der Waals surface area contributed by atoms with Gasteiger partial charge in [-0.3, -0.25) is 0 Å². The number of fused-ring (bicyclic) bond motifs is 24. The largest absolute Gasteiger partial charge is 2.00 e. The molecule has 8 bridgehead atoms. The maximum absolute atomic E-state index is 9.90. The first-order valence-corrected chi connectivity index (χ1v) is 21.1. The second-order valence-electron chi connectivity index (χ2n) is 16.5. The van der Waals surface area contributed by atoms with Crippen molar-refractivity contribution >= 4 is 87.1 Å². The van der Waals surface area contributed by atoms with Crippen LogP contribution in [0.1, 0.15) is 5.56 Å². The van der Waals surface area contributed by atoms with Crippen LogP contribution in [0, 0.1) is 11.3 Å². The van der Waals surface area contributed by atoms with Crippen LogP contribution in [0.4, 0.5) is 0 Å². The maximum Gasteiger partial charge on any atom is 2.00 e. The van der Waals surface area contributed by atoms with Crippen molar-refractivity contribution in [1.29, 1.82) is 5.26 Å². The standard InChI is InChI=1S/C56H28N8.Pt/c57-29-30-17-19-31(20-18-30)48-49-40-21-32-9-1-3-11-34(32)23-42(40)51(58-49)60-53-44-25-36-13-5-7-15-38(36)27-46(44)55(62-53)64-56-47-28-39-16-8-6-14-37(39)26-45(47)54(63-56)61-52-43-24-35-12-4-2-10-33(35)22-41(43)50(48)59-52;/h1-28H;/q-2;+2. The van der Waals surface area contributed by atoms with Gasteiger partial charge in [0.15, 0.2) is 0 Å². The molecule has 0 saturated heterocycles. The van der Waals surface area contributed by atoms with Gasteiger partial charge in [0, 0.05) is 39.1 Å². The van der Waals surface area contributed by atoms with E-state index in [1.165, 1.54) is 0 Å². The molecule has 0 fully saturated rings. The van der Waals surface area contributed by atoms with Gasteiger partial charge in [0.1, 0.15) is 0 Å². The van der Waals surface area contributed by atoms with E-state index in [0.29, 0.717) is 51.2 Å². The van der Waals surface area contributed by atoms with Gasteiger partial charge in [-0.05, 0) is 142 Å². The van der Waals surface area contributed by atoms with Crippen LogP contribution in [0.15, 0.2) is 170 Å². The van der Waals surface area contributed by atoms with Crippen molar-refractivity contribution in [3.8, 4) is 62.6 Å². The third-order valence-electron chi connectivity index (χ3n) is 12.8. The summed E-state index contributed by atoms with van der Waals surface area (Å²) >= 11 is 0. The van der Waals surface area contributed by atoms with E-state index in [-0.39, 0.29) is 21.1 Å². The van der Waals surface area contributed by atoms with E-state index in [1.54, 1.807) is 0 Å². The van der Waals surface area contributed by atoms with Crippen LogP contribution in [0.3, 0.4) is 0 Å². The van der Waals surface area contributed by atoms with Gasteiger partial charge in [0.2, 0.25) is 0 Å². The van der Waals surface area contributed by atoms with E-state index >= 15 is 0 Å². The molecule has 5 heterocycles. The molecule has 9 heteroatoms. The van der Waals surface area contributed by atoms with Gasteiger partial charge in [0.05, 0.1) is 34.8 Å². The molecule has 9 aromatic carbocycles.